The predicted octanol–water partition coefficient (Wildman–Crippen LogP) is 2.29. The van der Waals surface area contributed by atoms with Gasteiger partial charge in [0.15, 0.2) is 0 Å². The molecule has 0 aliphatic carbocycles. The summed E-state index contributed by atoms with van der Waals surface area (Å²) in [4.78, 5) is 16.5. The molecule has 34 heavy (non-hydrogen) atoms. The van der Waals surface area contributed by atoms with Gasteiger partial charge in [-0.15, -0.1) is 0 Å². The number of nitrogens with one attached hydrogen (secondary N) is 2. The molecule has 2 N–H and O–H groups in total. The van der Waals surface area contributed by atoms with Crippen LogP contribution < -0.4 is 9.44 Å². The van der Waals surface area contributed by atoms with Crippen LogP contribution in [-0.2, 0) is 33.2 Å². The number of pyridine rings is 1. The summed E-state index contributed by atoms with van der Waals surface area (Å²) in [6.45, 7) is 7.92. The van der Waals surface area contributed by atoms with E-state index in [1.54, 1.807) is 4.68 Å². The Bertz CT molecular complexity index is 1250. The van der Waals surface area contributed by atoms with Crippen molar-refractivity contribution in [3.05, 3.63) is 41.3 Å². The van der Waals surface area contributed by atoms with Crippen molar-refractivity contribution in [1.29, 1.82) is 0 Å². The van der Waals surface area contributed by atoms with E-state index in [0.717, 1.165) is 33.7 Å². The third kappa shape index (κ3) is 6.55. The smallest absolute Gasteiger partial charge is 0.421 e. The van der Waals surface area contributed by atoms with Crippen LogP contribution in [0.25, 0.3) is 16.9 Å². The van der Waals surface area contributed by atoms with Crippen LogP contribution in [0.4, 0.5) is 4.79 Å². The summed E-state index contributed by atoms with van der Waals surface area (Å²) >= 11 is 0. The number of hydrogen-bond acceptors (Lipinski definition) is 7. The van der Waals surface area contributed by atoms with Crippen LogP contribution in [0, 0.1) is 13.8 Å². The highest BCUT2D eigenvalue weighted by molar-refractivity contribution is 7.88. The van der Waals surface area contributed by atoms with E-state index >= 15 is 0 Å². The highest BCUT2D eigenvalue weighted by Gasteiger charge is 2.18. The van der Waals surface area contributed by atoms with Crippen molar-refractivity contribution in [3.63, 3.8) is 0 Å². The monoisotopic (exact) mass is 492 g/mol. The van der Waals surface area contributed by atoms with Gasteiger partial charge >= 0.3 is 16.3 Å². The number of amides is 1. The number of fused-ring (bicyclic) bond motifs is 1. The van der Waals surface area contributed by atoms with Gasteiger partial charge in [0.2, 0.25) is 0 Å². The van der Waals surface area contributed by atoms with Crippen molar-refractivity contribution in [1.82, 2.24) is 28.8 Å². The van der Waals surface area contributed by atoms with Crippen LogP contribution in [0.3, 0.4) is 0 Å². The van der Waals surface area contributed by atoms with Gasteiger partial charge in [-0.2, -0.15) is 18.2 Å². The molecule has 0 unspecified atom stereocenters. The Morgan fingerprint density at radius 1 is 1.24 bits per heavy atom. The number of aromatic nitrogens is 4. The Labute approximate surface area is 199 Å². The summed E-state index contributed by atoms with van der Waals surface area (Å²) in [6, 6.07) is 4.09. The maximum atomic E-state index is 11.9. The number of rotatable bonds is 11. The van der Waals surface area contributed by atoms with Crippen molar-refractivity contribution >= 4 is 27.3 Å². The lowest BCUT2D eigenvalue weighted by molar-refractivity contribution is 0.0833. The van der Waals surface area contributed by atoms with E-state index in [0.29, 0.717) is 12.8 Å². The van der Waals surface area contributed by atoms with Gasteiger partial charge in [0.05, 0.1) is 25.0 Å². The van der Waals surface area contributed by atoms with Gasteiger partial charge in [0, 0.05) is 36.9 Å². The van der Waals surface area contributed by atoms with Crippen LogP contribution in [0.5, 0.6) is 0 Å². The Kier molecular flexibility index (Phi) is 8.28. The van der Waals surface area contributed by atoms with Gasteiger partial charge in [0.25, 0.3) is 0 Å². The molecule has 3 aromatic heterocycles. The van der Waals surface area contributed by atoms with Crippen LogP contribution in [0.1, 0.15) is 37.1 Å². The second-order valence-corrected chi connectivity index (χ2v) is 9.78. The van der Waals surface area contributed by atoms with Gasteiger partial charge < -0.3 is 9.47 Å². The second-order valence-electron chi connectivity index (χ2n) is 8.28. The van der Waals surface area contributed by atoms with E-state index in [9.17, 15) is 13.2 Å². The zero-order valence-corrected chi connectivity index (χ0v) is 21.0. The van der Waals surface area contributed by atoms with E-state index in [-0.39, 0.29) is 25.9 Å². The van der Waals surface area contributed by atoms with Crippen LogP contribution >= 0.6 is 0 Å². The molecule has 3 heterocycles. The molecule has 0 bridgehead atoms. The summed E-state index contributed by atoms with van der Waals surface area (Å²) in [5.41, 5.74) is 3.79. The molecule has 12 heteroatoms. The van der Waals surface area contributed by atoms with Gasteiger partial charge in [-0.05, 0) is 58.2 Å². The fraction of sp³-hybridized carbons (Fsp3) is 0.500. The SMILES string of the molecule is Cc1cnc2c(ccn2-c2c(CCCOC(=O)NS(=O)(=O)NCCOC(C)C)c(C)nn2C)c1. The maximum Gasteiger partial charge on any atom is 0.421 e. The first-order valence-corrected chi connectivity index (χ1v) is 12.6. The number of hydrogen-bond donors (Lipinski definition) is 2. The zero-order chi connectivity index (χ0) is 24.9. The molecular formula is C22H32N6O5S. The lowest BCUT2D eigenvalue weighted by atomic mass is 10.1. The fourth-order valence-electron chi connectivity index (χ4n) is 3.65. The molecule has 0 saturated heterocycles. The first-order chi connectivity index (χ1) is 16.1. The van der Waals surface area contributed by atoms with Crippen LogP contribution in [-0.4, -0.2) is 59.7 Å². The first kappa shape index (κ1) is 25.7. The Hall–Kier alpha value is -2.96. The van der Waals surface area contributed by atoms with Crippen molar-refractivity contribution < 1.29 is 22.7 Å². The van der Waals surface area contributed by atoms with Crippen molar-refractivity contribution in [3.8, 4) is 5.82 Å². The standard InChI is InChI=1S/C22H32N6O5S/c1-15(2)32-12-9-24-34(30,31)26-22(29)33-11-6-7-19-17(4)25-27(5)21(19)28-10-8-18-13-16(3)14-23-20(18)28/h8,10,13-15,24H,6-7,9,11-12H2,1-5H3,(H,26,29). The molecular weight excluding hydrogens is 460 g/mol. The molecule has 0 saturated carbocycles. The minimum Gasteiger partial charge on any atom is -0.449 e. The minimum absolute atomic E-state index is 0.0110. The van der Waals surface area contributed by atoms with E-state index < -0.39 is 16.3 Å². The second kappa shape index (κ2) is 11.0. The zero-order valence-electron chi connectivity index (χ0n) is 20.2. The highest BCUT2D eigenvalue weighted by atomic mass is 32.2. The van der Waals surface area contributed by atoms with Crippen molar-refractivity contribution in [2.75, 3.05) is 19.8 Å². The predicted molar refractivity (Wildman–Crippen MR) is 128 cm³/mol. The summed E-state index contributed by atoms with van der Waals surface area (Å²) in [6.07, 6.45) is 3.83. The van der Waals surface area contributed by atoms with Crippen LogP contribution in [0.2, 0.25) is 0 Å². The molecule has 11 nitrogen and oxygen atoms in total. The molecule has 0 aliphatic rings. The summed E-state index contributed by atoms with van der Waals surface area (Å²) < 4.78 is 42.0. The Morgan fingerprint density at radius 3 is 2.74 bits per heavy atom. The lowest BCUT2D eigenvalue weighted by Gasteiger charge is -2.11. The number of aryl methyl sites for hydroxylation is 3. The molecule has 0 spiro atoms. The number of nitrogens with zero attached hydrogens (tertiary/aromatic N) is 4. The summed E-state index contributed by atoms with van der Waals surface area (Å²) in [5.74, 6) is 0.892. The molecule has 0 aromatic carbocycles. The molecule has 186 valence electrons. The Balaban J connectivity index is 1.56. The molecule has 3 aromatic rings. The third-order valence-electron chi connectivity index (χ3n) is 5.07. The highest BCUT2D eigenvalue weighted by Crippen LogP contribution is 2.24. The topological polar surface area (TPSA) is 129 Å². The summed E-state index contributed by atoms with van der Waals surface area (Å²) in [5, 5.41) is 5.59. The third-order valence-corrected chi connectivity index (χ3v) is 6.09. The minimum atomic E-state index is -4.01. The van der Waals surface area contributed by atoms with E-state index in [1.807, 2.05) is 62.5 Å². The van der Waals surface area contributed by atoms with Gasteiger partial charge in [0.1, 0.15) is 11.5 Å². The largest absolute Gasteiger partial charge is 0.449 e. The van der Waals surface area contributed by atoms with E-state index in [4.69, 9.17) is 9.47 Å². The number of carbonyl (C=O) groups excluding carboxylic acids is 1. The van der Waals surface area contributed by atoms with Gasteiger partial charge in [-0.3, -0.25) is 9.25 Å². The lowest BCUT2D eigenvalue weighted by Crippen LogP contribution is -2.42. The summed E-state index contributed by atoms with van der Waals surface area (Å²) in [7, 11) is -2.13. The Morgan fingerprint density at radius 2 is 2.00 bits per heavy atom. The van der Waals surface area contributed by atoms with Crippen molar-refractivity contribution in [2.24, 2.45) is 7.05 Å². The molecule has 0 atom stereocenters. The molecule has 1 amide bonds. The molecule has 3 rings (SSSR count). The van der Waals surface area contributed by atoms with Gasteiger partial charge in [-0.25, -0.2) is 14.5 Å². The number of carbonyl (C=O) groups is 1. The quantitative estimate of drug-likeness (QED) is 0.393. The van der Waals surface area contributed by atoms with Gasteiger partial charge in [-0.1, -0.05) is 0 Å². The normalized spacial score (nSPS) is 11.9. The van der Waals surface area contributed by atoms with E-state index in [1.165, 1.54) is 0 Å². The first-order valence-electron chi connectivity index (χ1n) is 11.1. The fourth-order valence-corrected chi connectivity index (χ4v) is 4.35. The van der Waals surface area contributed by atoms with E-state index in [2.05, 4.69) is 20.9 Å². The molecule has 0 fully saturated rings. The molecule has 0 aliphatic heterocycles. The average molecular weight is 493 g/mol. The van der Waals surface area contributed by atoms with Crippen molar-refractivity contribution in [2.45, 2.75) is 46.6 Å². The van der Waals surface area contributed by atoms with Crippen LogP contribution in [0.15, 0.2) is 24.5 Å². The number of ether oxygens (including phenoxy) is 2. The average Bonchev–Trinajstić information content (AvgIpc) is 3.27. The molecule has 0 radical (unpaired) electrons. The maximum absolute atomic E-state index is 11.9.